The third-order valence-corrected chi connectivity index (χ3v) is 2.38. The molecule has 3 nitrogen and oxygen atoms in total. The van der Waals surface area contributed by atoms with Crippen molar-refractivity contribution in [2.45, 2.75) is 20.1 Å². The summed E-state index contributed by atoms with van der Waals surface area (Å²) in [4.78, 5) is 0. The topological polar surface area (TPSA) is 27.7 Å². The molecule has 0 unspecified atom stereocenters. The molecule has 0 aliphatic rings. The first-order valence-electron chi connectivity index (χ1n) is 5.37. The molecule has 0 atom stereocenters. The van der Waals surface area contributed by atoms with E-state index in [1.54, 1.807) is 0 Å². The Hall–Kier alpha value is -0.580. The first kappa shape index (κ1) is 13.5. The van der Waals surface area contributed by atoms with E-state index in [1.807, 2.05) is 38.1 Å². The second-order valence-corrected chi connectivity index (χ2v) is 4.02. The van der Waals surface area contributed by atoms with Gasteiger partial charge in [-0.1, -0.05) is 22.0 Å². The standard InChI is InChI=1S/C12H17BrO3/c1-3-14-12(15-4-2)9-16-11-7-5-6-10(13)8-11/h5-8,12H,3-4,9H2,1-2H3. The van der Waals surface area contributed by atoms with Crippen LogP contribution in [-0.2, 0) is 9.47 Å². The highest BCUT2D eigenvalue weighted by molar-refractivity contribution is 9.10. The smallest absolute Gasteiger partial charge is 0.191 e. The highest BCUT2D eigenvalue weighted by Gasteiger charge is 2.08. The molecule has 1 aromatic carbocycles. The zero-order valence-corrected chi connectivity index (χ0v) is 11.2. The molecule has 0 N–H and O–H groups in total. The summed E-state index contributed by atoms with van der Waals surface area (Å²) in [5.74, 6) is 0.804. The molecule has 0 aliphatic heterocycles. The fraction of sp³-hybridized carbons (Fsp3) is 0.500. The van der Waals surface area contributed by atoms with Crippen LogP contribution in [0.3, 0.4) is 0 Å². The molecule has 0 aromatic heterocycles. The summed E-state index contributed by atoms with van der Waals surface area (Å²) < 4.78 is 17.3. The number of benzene rings is 1. The van der Waals surface area contributed by atoms with Crippen LogP contribution in [-0.4, -0.2) is 26.1 Å². The van der Waals surface area contributed by atoms with Crippen LogP contribution in [0.1, 0.15) is 13.8 Å². The van der Waals surface area contributed by atoms with Gasteiger partial charge in [0.25, 0.3) is 0 Å². The highest BCUT2D eigenvalue weighted by Crippen LogP contribution is 2.18. The normalized spacial score (nSPS) is 10.8. The van der Waals surface area contributed by atoms with Gasteiger partial charge in [-0.15, -0.1) is 0 Å². The Morgan fingerprint density at radius 3 is 2.44 bits per heavy atom. The van der Waals surface area contributed by atoms with E-state index in [1.165, 1.54) is 0 Å². The lowest BCUT2D eigenvalue weighted by Crippen LogP contribution is -2.25. The van der Waals surface area contributed by atoms with Crippen molar-refractivity contribution >= 4 is 15.9 Å². The Morgan fingerprint density at radius 1 is 1.19 bits per heavy atom. The van der Waals surface area contributed by atoms with Crippen molar-refractivity contribution in [2.24, 2.45) is 0 Å². The molecule has 0 radical (unpaired) electrons. The van der Waals surface area contributed by atoms with Crippen LogP contribution in [0, 0.1) is 0 Å². The minimum Gasteiger partial charge on any atom is -0.488 e. The van der Waals surface area contributed by atoms with Crippen molar-refractivity contribution in [2.75, 3.05) is 19.8 Å². The Kier molecular flexibility index (Phi) is 6.45. The fourth-order valence-electron chi connectivity index (χ4n) is 1.24. The van der Waals surface area contributed by atoms with Crippen LogP contribution >= 0.6 is 15.9 Å². The van der Waals surface area contributed by atoms with Gasteiger partial charge in [-0.05, 0) is 32.0 Å². The number of hydrogen-bond acceptors (Lipinski definition) is 3. The van der Waals surface area contributed by atoms with E-state index in [9.17, 15) is 0 Å². The van der Waals surface area contributed by atoms with Crippen LogP contribution < -0.4 is 4.74 Å². The van der Waals surface area contributed by atoms with Gasteiger partial charge in [-0.25, -0.2) is 0 Å². The average Bonchev–Trinajstić information content (AvgIpc) is 2.27. The van der Waals surface area contributed by atoms with Gasteiger partial charge in [0.15, 0.2) is 6.29 Å². The minimum atomic E-state index is -0.297. The van der Waals surface area contributed by atoms with E-state index in [0.717, 1.165) is 10.2 Å². The molecule has 16 heavy (non-hydrogen) atoms. The van der Waals surface area contributed by atoms with Gasteiger partial charge < -0.3 is 14.2 Å². The molecule has 0 spiro atoms. The molecule has 0 fully saturated rings. The van der Waals surface area contributed by atoms with Crippen molar-refractivity contribution < 1.29 is 14.2 Å². The third kappa shape index (κ3) is 4.96. The molecule has 0 heterocycles. The van der Waals surface area contributed by atoms with Gasteiger partial charge in [0.05, 0.1) is 0 Å². The fourth-order valence-corrected chi connectivity index (χ4v) is 1.62. The van der Waals surface area contributed by atoms with Gasteiger partial charge in [0.2, 0.25) is 0 Å². The van der Waals surface area contributed by atoms with Crippen molar-refractivity contribution in [1.82, 2.24) is 0 Å². The quantitative estimate of drug-likeness (QED) is 0.721. The molecule has 0 aliphatic carbocycles. The molecule has 1 aromatic rings. The van der Waals surface area contributed by atoms with Gasteiger partial charge in [0.1, 0.15) is 12.4 Å². The number of halogens is 1. The van der Waals surface area contributed by atoms with Gasteiger partial charge in [0, 0.05) is 17.7 Å². The molecule has 0 saturated heterocycles. The van der Waals surface area contributed by atoms with Crippen LogP contribution in [0.5, 0.6) is 5.75 Å². The number of hydrogen-bond donors (Lipinski definition) is 0. The second-order valence-electron chi connectivity index (χ2n) is 3.11. The van der Waals surface area contributed by atoms with E-state index >= 15 is 0 Å². The van der Waals surface area contributed by atoms with Crippen LogP contribution in [0.4, 0.5) is 0 Å². The molecule has 0 amide bonds. The molecule has 1 rings (SSSR count). The van der Waals surface area contributed by atoms with Crippen LogP contribution in [0.15, 0.2) is 28.7 Å². The molecule has 0 bridgehead atoms. The molecular formula is C12H17BrO3. The SMILES string of the molecule is CCOC(COc1cccc(Br)c1)OCC. The maximum absolute atomic E-state index is 5.57. The highest BCUT2D eigenvalue weighted by atomic mass is 79.9. The minimum absolute atomic E-state index is 0.297. The Balaban J connectivity index is 2.41. The third-order valence-electron chi connectivity index (χ3n) is 1.89. The summed E-state index contributed by atoms with van der Waals surface area (Å²) in [6, 6.07) is 7.69. The lowest BCUT2D eigenvalue weighted by atomic mass is 10.3. The summed E-state index contributed by atoms with van der Waals surface area (Å²) in [7, 11) is 0. The van der Waals surface area contributed by atoms with E-state index in [-0.39, 0.29) is 6.29 Å². The van der Waals surface area contributed by atoms with Gasteiger partial charge in [-0.2, -0.15) is 0 Å². The van der Waals surface area contributed by atoms with Gasteiger partial charge in [-0.3, -0.25) is 0 Å². The Bertz CT molecular complexity index is 298. The molecule has 0 saturated carbocycles. The van der Waals surface area contributed by atoms with E-state index in [0.29, 0.717) is 19.8 Å². The predicted octanol–water partition coefficient (Wildman–Crippen LogP) is 3.23. The summed E-state index contributed by atoms with van der Waals surface area (Å²) >= 11 is 3.39. The van der Waals surface area contributed by atoms with Crippen molar-refractivity contribution in [3.63, 3.8) is 0 Å². The van der Waals surface area contributed by atoms with Crippen molar-refractivity contribution in [3.8, 4) is 5.75 Å². The maximum Gasteiger partial charge on any atom is 0.191 e. The van der Waals surface area contributed by atoms with Crippen LogP contribution in [0.2, 0.25) is 0 Å². The average molecular weight is 289 g/mol. The lowest BCUT2D eigenvalue weighted by Gasteiger charge is -2.17. The van der Waals surface area contributed by atoms with Crippen molar-refractivity contribution in [1.29, 1.82) is 0 Å². The van der Waals surface area contributed by atoms with Gasteiger partial charge >= 0.3 is 0 Å². The lowest BCUT2D eigenvalue weighted by molar-refractivity contribution is -0.152. The monoisotopic (exact) mass is 288 g/mol. The first-order valence-corrected chi connectivity index (χ1v) is 6.17. The van der Waals surface area contributed by atoms with Crippen molar-refractivity contribution in [3.05, 3.63) is 28.7 Å². The second kappa shape index (κ2) is 7.65. The van der Waals surface area contributed by atoms with Crippen LogP contribution in [0.25, 0.3) is 0 Å². The molecule has 90 valence electrons. The Morgan fingerprint density at radius 2 is 1.88 bits per heavy atom. The molecule has 4 heteroatoms. The largest absolute Gasteiger partial charge is 0.488 e. The van der Waals surface area contributed by atoms with E-state index < -0.39 is 0 Å². The maximum atomic E-state index is 5.57. The summed E-state index contributed by atoms with van der Waals surface area (Å²) in [6.45, 7) is 5.51. The Labute approximate surface area is 105 Å². The zero-order chi connectivity index (χ0) is 11.8. The zero-order valence-electron chi connectivity index (χ0n) is 9.61. The van der Waals surface area contributed by atoms with E-state index in [4.69, 9.17) is 14.2 Å². The first-order chi connectivity index (χ1) is 7.76. The van der Waals surface area contributed by atoms with E-state index in [2.05, 4.69) is 15.9 Å². The summed E-state index contributed by atoms with van der Waals surface area (Å²) in [5, 5.41) is 0. The molecular weight excluding hydrogens is 272 g/mol. The summed E-state index contributed by atoms with van der Waals surface area (Å²) in [5.41, 5.74) is 0. The summed E-state index contributed by atoms with van der Waals surface area (Å²) in [6.07, 6.45) is -0.297. The number of ether oxygens (including phenoxy) is 3. The predicted molar refractivity (Wildman–Crippen MR) is 66.7 cm³/mol. The number of rotatable bonds is 7.